The van der Waals surface area contributed by atoms with Gasteiger partial charge in [0, 0.05) is 0 Å². The van der Waals surface area contributed by atoms with Crippen molar-refractivity contribution in [3.63, 3.8) is 0 Å². The van der Waals surface area contributed by atoms with Crippen LogP contribution in [0.1, 0.15) is 13.8 Å². The fraction of sp³-hybridized carbons (Fsp3) is 0.250. The summed E-state index contributed by atoms with van der Waals surface area (Å²) in [5.74, 6) is 0.592. The van der Waals surface area contributed by atoms with Crippen LogP contribution in [0, 0.1) is 0 Å². The number of hydrogen-bond acceptors (Lipinski definition) is 2. The monoisotopic (exact) mass is 206 g/mol. The van der Waals surface area contributed by atoms with Gasteiger partial charge in [-0.3, -0.25) is 0 Å². The van der Waals surface area contributed by atoms with Crippen LogP contribution >= 0.6 is 19.0 Å². The topological polar surface area (TPSA) is 29.5 Å². The van der Waals surface area contributed by atoms with Crippen LogP contribution in [-0.4, -0.2) is 4.89 Å². The fourth-order valence-corrected chi connectivity index (χ4v) is 1.32. The second-order valence-electron chi connectivity index (χ2n) is 2.22. The quantitative estimate of drug-likeness (QED) is 0.433. The van der Waals surface area contributed by atoms with Gasteiger partial charge in [0.05, 0.1) is 0 Å². The van der Waals surface area contributed by atoms with E-state index in [0.717, 1.165) is 5.57 Å². The second kappa shape index (κ2) is 6.24. The molecule has 0 aromatic carbocycles. The minimum Gasteiger partial charge on any atom is -0.441 e. The van der Waals surface area contributed by atoms with E-state index in [1.54, 1.807) is 19.1 Å². The fourth-order valence-electron chi connectivity index (χ4n) is 0.700. The van der Waals surface area contributed by atoms with Gasteiger partial charge in [0.1, 0.15) is 5.76 Å². The third kappa shape index (κ3) is 6.41. The molecule has 1 atom stereocenters. The van der Waals surface area contributed by atoms with Crippen LogP contribution in [0.4, 0.5) is 0 Å². The highest BCUT2D eigenvalue weighted by atomic mass is 35.7. The van der Waals surface area contributed by atoms with Crippen LogP contribution in [-0.2, 0) is 4.52 Å². The Morgan fingerprint density at radius 2 is 2.17 bits per heavy atom. The molecule has 68 valence electrons. The van der Waals surface area contributed by atoms with Crippen LogP contribution in [0.3, 0.4) is 0 Å². The lowest BCUT2D eigenvalue weighted by atomic mass is 10.2. The summed E-state index contributed by atoms with van der Waals surface area (Å²) in [5.41, 5.74) is 0.996. The van der Waals surface area contributed by atoms with Gasteiger partial charge in [-0.25, -0.2) is 0 Å². The molecule has 0 radical (unpaired) electrons. The Hall–Kier alpha value is -0.300. The molecule has 1 N–H and O–H groups in total. The van der Waals surface area contributed by atoms with Crippen molar-refractivity contribution in [2.24, 2.45) is 0 Å². The lowest BCUT2D eigenvalue weighted by Gasteiger charge is -2.04. The summed E-state index contributed by atoms with van der Waals surface area (Å²) in [4.78, 5) is 8.69. The van der Waals surface area contributed by atoms with E-state index >= 15 is 0 Å². The molecule has 4 heteroatoms. The second-order valence-corrected chi connectivity index (χ2v) is 3.72. The Morgan fingerprint density at radius 1 is 1.58 bits per heavy atom. The molecule has 0 aliphatic rings. The number of hydrogen-bond donors (Lipinski definition) is 1. The lowest BCUT2D eigenvalue weighted by molar-refractivity contribution is 0.417. The Morgan fingerprint density at radius 3 is 2.58 bits per heavy atom. The van der Waals surface area contributed by atoms with Crippen LogP contribution in [0.25, 0.3) is 0 Å². The summed E-state index contributed by atoms with van der Waals surface area (Å²) in [6, 6.07) is 0. The molecule has 0 bridgehead atoms. The predicted molar refractivity (Wildman–Crippen MR) is 53.8 cm³/mol. The van der Waals surface area contributed by atoms with E-state index in [0.29, 0.717) is 5.76 Å². The predicted octanol–water partition coefficient (Wildman–Crippen LogP) is 3.50. The highest BCUT2D eigenvalue weighted by Crippen LogP contribution is 2.39. The number of rotatable bonds is 4. The maximum absolute atomic E-state index is 8.69. The van der Waals surface area contributed by atoms with E-state index in [4.69, 9.17) is 20.7 Å². The van der Waals surface area contributed by atoms with Gasteiger partial charge in [-0.05, 0) is 36.7 Å². The van der Waals surface area contributed by atoms with Gasteiger partial charge in [-0.1, -0.05) is 18.7 Å². The van der Waals surface area contributed by atoms with E-state index in [9.17, 15) is 0 Å². The smallest absolute Gasteiger partial charge is 0.335 e. The number of allylic oxidation sites excluding steroid dienone is 5. The zero-order valence-corrected chi connectivity index (χ0v) is 8.77. The third-order valence-corrected chi connectivity index (χ3v) is 1.68. The SMILES string of the molecule is C=C/C=C(C)\C=C(\C)OP(O)Cl. The van der Waals surface area contributed by atoms with E-state index in [-0.39, 0.29) is 0 Å². The van der Waals surface area contributed by atoms with Crippen molar-refractivity contribution in [2.45, 2.75) is 13.8 Å². The molecule has 0 fully saturated rings. The van der Waals surface area contributed by atoms with Crippen LogP contribution in [0.2, 0.25) is 0 Å². The van der Waals surface area contributed by atoms with Gasteiger partial charge in [0.2, 0.25) is 0 Å². The van der Waals surface area contributed by atoms with Crippen LogP contribution in [0.15, 0.2) is 36.1 Å². The van der Waals surface area contributed by atoms with Gasteiger partial charge in [0.25, 0.3) is 0 Å². The third-order valence-electron chi connectivity index (χ3n) is 1.03. The first-order valence-corrected chi connectivity index (χ1v) is 5.48. The minimum absolute atomic E-state index is 0.592. The number of halogens is 1. The average molecular weight is 207 g/mol. The molecule has 0 heterocycles. The first-order valence-electron chi connectivity index (χ1n) is 3.36. The Labute approximate surface area is 78.9 Å². The zero-order chi connectivity index (χ0) is 9.56. The molecule has 0 saturated carbocycles. The molecular formula is C8H12ClO2P. The molecule has 1 unspecified atom stereocenters. The normalized spacial score (nSPS) is 15.7. The van der Waals surface area contributed by atoms with Gasteiger partial charge >= 0.3 is 7.73 Å². The van der Waals surface area contributed by atoms with Crippen LogP contribution in [0.5, 0.6) is 0 Å². The van der Waals surface area contributed by atoms with Crippen molar-refractivity contribution in [1.82, 2.24) is 0 Å². The van der Waals surface area contributed by atoms with E-state index in [1.807, 2.05) is 13.0 Å². The molecule has 0 rings (SSSR count). The highest BCUT2D eigenvalue weighted by molar-refractivity contribution is 7.75. The Bertz CT molecular complexity index is 209. The molecule has 12 heavy (non-hydrogen) atoms. The summed E-state index contributed by atoms with van der Waals surface area (Å²) < 4.78 is 4.84. The Kier molecular flexibility index (Phi) is 6.09. The van der Waals surface area contributed by atoms with E-state index in [2.05, 4.69) is 6.58 Å². The van der Waals surface area contributed by atoms with Gasteiger partial charge in [0.15, 0.2) is 0 Å². The molecule has 0 aromatic heterocycles. The summed E-state index contributed by atoms with van der Waals surface area (Å²) >= 11 is 5.25. The van der Waals surface area contributed by atoms with Crippen LogP contribution < -0.4 is 0 Å². The molecule has 0 aliphatic heterocycles. The molecule has 0 spiro atoms. The standard InChI is InChI=1S/C8H12ClO2P/c1-4-5-7(2)6-8(3)11-12(9)10/h4-6,10H,1H2,2-3H3/b7-5-,8-6-. The lowest BCUT2D eigenvalue weighted by Crippen LogP contribution is -1.79. The van der Waals surface area contributed by atoms with Crippen molar-refractivity contribution in [3.8, 4) is 0 Å². The Balaban J connectivity index is 4.15. The highest BCUT2D eigenvalue weighted by Gasteiger charge is 1.99. The first-order chi connectivity index (χ1) is 5.56. The largest absolute Gasteiger partial charge is 0.441 e. The summed E-state index contributed by atoms with van der Waals surface area (Å²) in [6.07, 6.45) is 5.29. The van der Waals surface area contributed by atoms with Crippen molar-refractivity contribution in [2.75, 3.05) is 0 Å². The molecule has 0 aliphatic carbocycles. The van der Waals surface area contributed by atoms with Gasteiger partial charge in [-0.2, -0.15) is 0 Å². The maximum atomic E-state index is 8.69. The van der Waals surface area contributed by atoms with Crippen molar-refractivity contribution < 1.29 is 9.42 Å². The molecule has 0 aromatic rings. The van der Waals surface area contributed by atoms with Crippen molar-refractivity contribution in [3.05, 3.63) is 36.1 Å². The molecular weight excluding hydrogens is 195 g/mol. The van der Waals surface area contributed by atoms with Crippen molar-refractivity contribution in [1.29, 1.82) is 0 Å². The summed E-state index contributed by atoms with van der Waals surface area (Å²) in [7, 11) is -1.83. The first kappa shape index (κ1) is 11.7. The molecule has 2 nitrogen and oxygen atoms in total. The average Bonchev–Trinajstić information content (AvgIpc) is 1.84. The maximum Gasteiger partial charge on any atom is 0.335 e. The summed E-state index contributed by atoms with van der Waals surface area (Å²) in [5, 5.41) is 0. The molecule has 0 amide bonds. The van der Waals surface area contributed by atoms with E-state index in [1.165, 1.54) is 0 Å². The molecule has 0 saturated heterocycles. The van der Waals surface area contributed by atoms with Gasteiger partial charge < -0.3 is 9.42 Å². The van der Waals surface area contributed by atoms with E-state index < -0.39 is 7.73 Å². The van der Waals surface area contributed by atoms with Gasteiger partial charge in [-0.15, -0.1) is 0 Å². The zero-order valence-electron chi connectivity index (χ0n) is 7.12. The minimum atomic E-state index is -1.83. The summed E-state index contributed by atoms with van der Waals surface area (Å²) in [6.45, 7) is 7.19. The van der Waals surface area contributed by atoms with Crippen molar-refractivity contribution >= 4 is 19.0 Å².